The summed E-state index contributed by atoms with van der Waals surface area (Å²) in [6, 6.07) is 1.44. The van der Waals surface area contributed by atoms with E-state index in [1.165, 1.54) is 0 Å². The van der Waals surface area contributed by atoms with Crippen molar-refractivity contribution in [3.8, 4) is 0 Å². The monoisotopic (exact) mass is 195 g/mol. The predicted octanol–water partition coefficient (Wildman–Crippen LogP) is 1.82. The van der Waals surface area contributed by atoms with Crippen LogP contribution in [0.15, 0.2) is 18.3 Å². The molecule has 2 nitrogen and oxygen atoms in total. The molecule has 0 saturated heterocycles. The highest BCUT2D eigenvalue weighted by molar-refractivity contribution is 5.09. The first-order valence-electron chi connectivity index (χ1n) is 3.27. The lowest BCUT2D eigenvalue weighted by atomic mass is 10.2. The highest BCUT2D eigenvalue weighted by atomic mass is 19.4. The third-order valence-electron chi connectivity index (χ3n) is 1.33. The van der Waals surface area contributed by atoms with Gasteiger partial charge in [-0.3, -0.25) is 4.98 Å². The highest BCUT2D eigenvalue weighted by Gasteiger charge is 2.40. The van der Waals surface area contributed by atoms with Crippen LogP contribution in [-0.4, -0.2) is 16.3 Å². The second kappa shape index (κ2) is 3.29. The fraction of sp³-hybridized carbons (Fsp3) is 0.286. The molecule has 0 aliphatic rings. The minimum atomic E-state index is -4.82. The van der Waals surface area contributed by atoms with Gasteiger partial charge in [0.15, 0.2) is 6.10 Å². The van der Waals surface area contributed by atoms with Crippen LogP contribution in [0, 0.1) is 5.82 Å². The third-order valence-corrected chi connectivity index (χ3v) is 1.33. The number of hydrogen-bond acceptors (Lipinski definition) is 2. The van der Waals surface area contributed by atoms with E-state index in [1.54, 1.807) is 0 Å². The van der Waals surface area contributed by atoms with Crippen LogP contribution in [0.4, 0.5) is 17.6 Å². The number of aromatic nitrogens is 1. The van der Waals surface area contributed by atoms with Gasteiger partial charge >= 0.3 is 6.18 Å². The van der Waals surface area contributed by atoms with Crippen molar-refractivity contribution in [2.75, 3.05) is 0 Å². The van der Waals surface area contributed by atoms with Crippen LogP contribution < -0.4 is 0 Å². The Kier molecular flexibility index (Phi) is 2.51. The number of alkyl halides is 3. The number of rotatable bonds is 1. The van der Waals surface area contributed by atoms with Crippen LogP contribution in [0.1, 0.15) is 11.8 Å². The molecule has 1 N–H and O–H groups in total. The van der Waals surface area contributed by atoms with Gasteiger partial charge in [0, 0.05) is 6.20 Å². The van der Waals surface area contributed by atoms with Gasteiger partial charge in [-0.25, -0.2) is 4.39 Å². The van der Waals surface area contributed by atoms with Crippen molar-refractivity contribution in [2.24, 2.45) is 0 Å². The molecule has 72 valence electrons. The number of halogens is 4. The Morgan fingerprint density at radius 1 is 1.38 bits per heavy atom. The van der Waals surface area contributed by atoms with Crippen LogP contribution in [0.3, 0.4) is 0 Å². The Balaban J connectivity index is 2.96. The van der Waals surface area contributed by atoms with Gasteiger partial charge in [0.1, 0.15) is 5.82 Å². The largest absolute Gasteiger partial charge is 0.420 e. The molecular weight excluding hydrogens is 190 g/mol. The van der Waals surface area contributed by atoms with Gasteiger partial charge in [-0.2, -0.15) is 13.2 Å². The molecule has 0 aliphatic carbocycles. The lowest BCUT2D eigenvalue weighted by Crippen LogP contribution is -2.21. The average Bonchev–Trinajstić information content (AvgIpc) is 2.01. The summed E-state index contributed by atoms with van der Waals surface area (Å²) in [6.07, 6.45) is -6.69. The first kappa shape index (κ1) is 9.91. The van der Waals surface area contributed by atoms with E-state index in [0.717, 1.165) is 12.3 Å². The normalized spacial score (nSPS) is 14.2. The van der Waals surface area contributed by atoms with Crippen LogP contribution in [-0.2, 0) is 0 Å². The number of pyridine rings is 1. The Bertz CT molecular complexity index is 299. The molecule has 0 aliphatic heterocycles. The molecule has 0 radical (unpaired) electrons. The molecule has 0 bridgehead atoms. The maximum atomic E-state index is 12.4. The van der Waals surface area contributed by atoms with E-state index in [2.05, 4.69) is 4.98 Å². The molecule has 1 heterocycles. The zero-order chi connectivity index (χ0) is 10.1. The number of hydrogen-bond donors (Lipinski definition) is 1. The topological polar surface area (TPSA) is 33.1 Å². The van der Waals surface area contributed by atoms with Crippen molar-refractivity contribution < 1.29 is 22.7 Å². The average molecular weight is 195 g/mol. The number of aliphatic hydroxyl groups is 1. The smallest absolute Gasteiger partial charge is 0.378 e. The fourth-order valence-electron chi connectivity index (χ4n) is 0.738. The fourth-order valence-corrected chi connectivity index (χ4v) is 0.738. The Hall–Kier alpha value is -1.17. The van der Waals surface area contributed by atoms with E-state index in [4.69, 9.17) is 5.11 Å². The number of aliphatic hydroxyl groups excluding tert-OH is 1. The van der Waals surface area contributed by atoms with Gasteiger partial charge in [0.05, 0.1) is 5.69 Å². The van der Waals surface area contributed by atoms with Crippen molar-refractivity contribution >= 4 is 0 Å². The SMILES string of the molecule is O[C@H](c1cc(F)ccn1)C(F)(F)F. The van der Waals surface area contributed by atoms with Crippen molar-refractivity contribution in [1.82, 2.24) is 4.98 Å². The zero-order valence-corrected chi connectivity index (χ0v) is 6.22. The van der Waals surface area contributed by atoms with E-state index < -0.39 is 23.8 Å². The summed E-state index contributed by atoms with van der Waals surface area (Å²) in [4.78, 5) is 3.20. The first-order chi connectivity index (χ1) is 5.91. The molecule has 0 fully saturated rings. The lowest BCUT2D eigenvalue weighted by Gasteiger charge is -2.13. The lowest BCUT2D eigenvalue weighted by molar-refractivity contribution is -0.208. The first-order valence-corrected chi connectivity index (χ1v) is 3.27. The van der Waals surface area contributed by atoms with Gasteiger partial charge in [-0.15, -0.1) is 0 Å². The third kappa shape index (κ3) is 2.38. The predicted molar refractivity (Wildman–Crippen MR) is 35.2 cm³/mol. The molecule has 0 aromatic carbocycles. The summed E-state index contributed by atoms with van der Waals surface area (Å²) >= 11 is 0. The molecule has 1 atom stereocenters. The summed E-state index contributed by atoms with van der Waals surface area (Å²) < 4.78 is 48.0. The summed E-state index contributed by atoms with van der Waals surface area (Å²) in [6.45, 7) is 0. The molecule has 1 aromatic heterocycles. The van der Waals surface area contributed by atoms with Crippen LogP contribution >= 0.6 is 0 Å². The summed E-state index contributed by atoms with van der Waals surface area (Å²) in [5, 5.41) is 8.63. The van der Waals surface area contributed by atoms with E-state index >= 15 is 0 Å². The van der Waals surface area contributed by atoms with E-state index in [9.17, 15) is 17.6 Å². The van der Waals surface area contributed by atoms with Gasteiger partial charge in [-0.05, 0) is 12.1 Å². The molecule has 1 rings (SSSR count). The molecule has 0 unspecified atom stereocenters. The molecule has 0 amide bonds. The van der Waals surface area contributed by atoms with Crippen molar-refractivity contribution in [2.45, 2.75) is 12.3 Å². The second-order valence-corrected chi connectivity index (χ2v) is 2.34. The maximum Gasteiger partial charge on any atom is 0.420 e. The zero-order valence-electron chi connectivity index (χ0n) is 6.22. The van der Waals surface area contributed by atoms with Crippen LogP contribution in [0.2, 0.25) is 0 Å². The van der Waals surface area contributed by atoms with Gasteiger partial charge in [0.2, 0.25) is 0 Å². The Morgan fingerprint density at radius 3 is 2.46 bits per heavy atom. The Labute approximate surface area is 70.8 Å². The standard InChI is InChI=1S/C7H5F4NO/c8-4-1-2-12-5(3-4)6(13)7(9,10)11/h1-3,6,13H/t6-/m1/s1. The number of nitrogens with zero attached hydrogens (tertiary/aromatic N) is 1. The van der Waals surface area contributed by atoms with Crippen molar-refractivity contribution in [1.29, 1.82) is 0 Å². The maximum absolute atomic E-state index is 12.4. The molecular formula is C7H5F4NO. The van der Waals surface area contributed by atoms with E-state index in [-0.39, 0.29) is 0 Å². The minimum Gasteiger partial charge on any atom is -0.378 e. The van der Waals surface area contributed by atoms with Crippen LogP contribution in [0.25, 0.3) is 0 Å². The van der Waals surface area contributed by atoms with Crippen LogP contribution in [0.5, 0.6) is 0 Å². The highest BCUT2D eigenvalue weighted by Crippen LogP contribution is 2.31. The summed E-state index contributed by atoms with van der Waals surface area (Å²) in [5.74, 6) is -0.867. The van der Waals surface area contributed by atoms with Crippen molar-refractivity contribution in [3.63, 3.8) is 0 Å². The quantitative estimate of drug-likeness (QED) is 0.693. The van der Waals surface area contributed by atoms with Gasteiger partial charge < -0.3 is 5.11 Å². The molecule has 1 aromatic rings. The molecule has 0 spiro atoms. The van der Waals surface area contributed by atoms with Crippen molar-refractivity contribution in [3.05, 3.63) is 29.8 Å². The van der Waals surface area contributed by atoms with E-state index in [0.29, 0.717) is 6.07 Å². The summed E-state index contributed by atoms with van der Waals surface area (Å²) in [5.41, 5.74) is -0.743. The van der Waals surface area contributed by atoms with Gasteiger partial charge in [-0.1, -0.05) is 0 Å². The second-order valence-electron chi connectivity index (χ2n) is 2.34. The minimum absolute atomic E-state index is 0.540. The summed E-state index contributed by atoms with van der Waals surface area (Å²) in [7, 11) is 0. The molecule has 0 saturated carbocycles. The Morgan fingerprint density at radius 2 is 2.00 bits per heavy atom. The van der Waals surface area contributed by atoms with E-state index in [1.807, 2.05) is 0 Å². The molecule has 13 heavy (non-hydrogen) atoms. The molecule has 6 heteroatoms. The van der Waals surface area contributed by atoms with Gasteiger partial charge in [0.25, 0.3) is 0 Å².